The summed E-state index contributed by atoms with van der Waals surface area (Å²) in [5, 5.41) is 0. The van der Waals surface area contributed by atoms with E-state index in [-0.39, 0.29) is 0 Å². The van der Waals surface area contributed by atoms with Crippen LogP contribution in [0.1, 0.15) is 94.6 Å². The zero-order valence-electron chi connectivity index (χ0n) is 17.1. The van der Waals surface area contributed by atoms with Gasteiger partial charge in [-0.2, -0.15) is 0 Å². The SMILES string of the molecule is C=CCOCC1CCC(c2ccc(CCCCCCCCC)cc2)CC1. The molecule has 0 amide bonds. The number of benzene rings is 1. The Morgan fingerprint density at radius 3 is 2.23 bits per heavy atom. The maximum Gasteiger partial charge on any atom is 0.0644 e. The Hall–Kier alpha value is -1.08. The van der Waals surface area contributed by atoms with Gasteiger partial charge in [0.15, 0.2) is 0 Å². The van der Waals surface area contributed by atoms with Gasteiger partial charge >= 0.3 is 0 Å². The van der Waals surface area contributed by atoms with Crippen molar-refractivity contribution in [3.05, 3.63) is 48.0 Å². The van der Waals surface area contributed by atoms with Crippen molar-refractivity contribution in [3.8, 4) is 0 Å². The maximum atomic E-state index is 5.63. The van der Waals surface area contributed by atoms with Crippen LogP contribution in [0.4, 0.5) is 0 Å². The lowest BCUT2D eigenvalue weighted by Gasteiger charge is -2.28. The van der Waals surface area contributed by atoms with Gasteiger partial charge in [0, 0.05) is 6.61 Å². The van der Waals surface area contributed by atoms with E-state index in [2.05, 4.69) is 37.8 Å². The molecule has 1 saturated carbocycles. The Labute approximate surface area is 162 Å². The first-order valence-corrected chi connectivity index (χ1v) is 11.1. The summed E-state index contributed by atoms with van der Waals surface area (Å²) in [6.45, 7) is 7.61. The minimum absolute atomic E-state index is 0.695. The second-order valence-corrected chi connectivity index (χ2v) is 8.16. The molecule has 0 spiro atoms. The maximum absolute atomic E-state index is 5.63. The first-order chi connectivity index (χ1) is 12.8. The second kappa shape index (κ2) is 13.1. The summed E-state index contributed by atoms with van der Waals surface area (Å²) in [5.74, 6) is 1.51. The molecule has 0 saturated heterocycles. The van der Waals surface area contributed by atoms with E-state index in [1.807, 2.05) is 6.08 Å². The third kappa shape index (κ3) is 8.08. The molecule has 0 unspecified atom stereocenters. The van der Waals surface area contributed by atoms with Crippen LogP contribution in [0.25, 0.3) is 0 Å². The monoisotopic (exact) mass is 356 g/mol. The summed E-state index contributed by atoms with van der Waals surface area (Å²) >= 11 is 0. The summed E-state index contributed by atoms with van der Waals surface area (Å²) in [7, 11) is 0. The van der Waals surface area contributed by atoms with Gasteiger partial charge in [0.05, 0.1) is 6.61 Å². The first kappa shape index (κ1) is 21.2. The highest BCUT2D eigenvalue weighted by molar-refractivity contribution is 5.26. The largest absolute Gasteiger partial charge is 0.377 e. The molecule has 146 valence electrons. The smallest absolute Gasteiger partial charge is 0.0644 e. The van der Waals surface area contributed by atoms with E-state index in [0.717, 1.165) is 18.4 Å². The van der Waals surface area contributed by atoms with Crippen molar-refractivity contribution >= 4 is 0 Å². The molecule has 26 heavy (non-hydrogen) atoms. The number of hydrogen-bond donors (Lipinski definition) is 0. The second-order valence-electron chi connectivity index (χ2n) is 8.16. The fourth-order valence-electron chi connectivity index (χ4n) is 4.22. The van der Waals surface area contributed by atoms with E-state index < -0.39 is 0 Å². The van der Waals surface area contributed by atoms with Crippen molar-refractivity contribution < 1.29 is 4.74 Å². The van der Waals surface area contributed by atoms with Gasteiger partial charge in [-0.25, -0.2) is 0 Å². The molecule has 0 heterocycles. The molecule has 0 aromatic heterocycles. The van der Waals surface area contributed by atoms with Crippen LogP contribution < -0.4 is 0 Å². The van der Waals surface area contributed by atoms with Gasteiger partial charge in [-0.3, -0.25) is 0 Å². The van der Waals surface area contributed by atoms with E-state index in [9.17, 15) is 0 Å². The van der Waals surface area contributed by atoms with Gasteiger partial charge < -0.3 is 4.74 Å². The minimum Gasteiger partial charge on any atom is -0.377 e. The Kier molecular flexibility index (Phi) is 10.7. The molecule has 0 N–H and O–H groups in total. The van der Waals surface area contributed by atoms with Crippen molar-refractivity contribution in [3.63, 3.8) is 0 Å². The predicted molar refractivity (Wildman–Crippen MR) is 114 cm³/mol. The fraction of sp³-hybridized carbons (Fsp3) is 0.680. The minimum atomic E-state index is 0.695. The van der Waals surface area contributed by atoms with Crippen molar-refractivity contribution in [2.45, 2.75) is 89.9 Å². The van der Waals surface area contributed by atoms with Gasteiger partial charge in [0.2, 0.25) is 0 Å². The van der Waals surface area contributed by atoms with Crippen LogP contribution in [0.2, 0.25) is 0 Å². The lowest BCUT2D eigenvalue weighted by molar-refractivity contribution is 0.102. The molecular formula is C25H40O. The molecule has 0 radical (unpaired) electrons. The molecule has 1 nitrogen and oxygen atoms in total. The molecule has 1 aromatic rings. The summed E-state index contributed by atoms with van der Waals surface area (Å²) in [6, 6.07) is 9.56. The van der Waals surface area contributed by atoms with Gasteiger partial charge in [0.1, 0.15) is 0 Å². The van der Waals surface area contributed by atoms with Crippen molar-refractivity contribution in [2.24, 2.45) is 5.92 Å². The Morgan fingerprint density at radius 2 is 1.58 bits per heavy atom. The molecule has 1 heteroatoms. The first-order valence-electron chi connectivity index (χ1n) is 11.1. The van der Waals surface area contributed by atoms with Gasteiger partial charge in [-0.15, -0.1) is 6.58 Å². The van der Waals surface area contributed by atoms with Crippen LogP contribution in [0, 0.1) is 5.92 Å². The lowest BCUT2D eigenvalue weighted by atomic mass is 9.79. The average Bonchev–Trinajstić information content (AvgIpc) is 2.69. The molecule has 1 aliphatic rings. The predicted octanol–water partition coefficient (Wildman–Crippen LogP) is 7.46. The molecule has 2 rings (SSSR count). The highest BCUT2D eigenvalue weighted by Gasteiger charge is 2.22. The number of rotatable bonds is 13. The van der Waals surface area contributed by atoms with Crippen molar-refractivity contribution in [1.29, 1.82) is 0 Å². The molecule has 0 atom stereocenters. The quantitative estimate of drug-likeness (QED) is 0.263. The van der Waals surface area contributed by atoms with Crippen molar-refractivity contribution in [1.82, 2.24) is 0 Å². The van der Waals surface area contributed by atoms with E-state index in [4.69, 9.17) is 4.74 Å². The van der Waals surface area contributed by atoms with Crippen LogP contribution in [-0.4, -0.2) is 13.2 Å². The normalized spacial score (nSPS) is 20.2. The summed E-state index contributed by atoms with van der Waals surface area (Å²) in [6.07, 6.45) is 18.1. The highest BCUT2D eigenvalue weighted by atomic mass is 16.5. The van der Waals surface area contributed by atoms with Gasteiger partial charge in [-0.1, -0.05) is 75.8 Å². The Morgan fingerprint density at radius 1 is 0.923 bits per heavy atom. The van der Waals surface area contributed by atoms with Crippen LogP contribution in [0.5, 0.6) is 0 Å². The Balaban J connectivity index is 1.62. The molecular weight excluding hydrogens is 316 g/mol. The van der Waals surface area contributed by atoms with Crippen LogP contribution >= 0.6 is 0 Å². The number of unbranched alkanes of at least 4 members (excludes halogenated alkanes) is 6. The number of hydrogen-bond acceptors (Lipinski definition) is 1. The van der Waals surface area contributed by atoms with Gasteiger partial charge in [-0.05, 0) is 61.5 Å². The van der Waals surface area contributed by atoms with Gasteiger partial charge in [0.25, 0.3) is 0 Å². The van der Waals surface area contributed by atoms with E-state index >= 15 is 0 Å². The zero-order chi connectivity index (χ0) is 18.5. The molecule has 0 aliphatic heterocycles. The molecule has 0 bridgehead atoms. The summed E-state index contributed by atoms with van der Waals surface area (Å²) < 4.78 is 5.63. The number of ether oxygens (including phenoxy) is 1. The molecule has 1 aromatic carbocycles. The summed E-state index contributed by atoms with van der Waals surface area (Å²) in [5.41, 5.74) is 3.08. The highest BCUT2D eigenvalue weighted by Crippen LogP contribution is 2.36. The summed E-state index contributed by atoms with van der Waals surface area (Å²) in [4.78, 5) is 0. The molecule has 1 aliphatic carbocycles. The fourth-order valence-corrected chi connectivity index (χ4v) is 4.22. The zero-order valence-corrected chi connectivity index (χ0v) is 17.1. The third-order valence-electron chi connectivity index (χ3n) is 5.96. The van der Waals surface area contributed by atoms with Crippen LogP contribution in [0.15, 0.2) is 36.9 Å². The van der Waals surface area contributed by atoms with Crippen molar-refractivity contribution in [2.75, 3.05) is 13.2 Å². The third-order valence-corrected chi connectivity index (χ3v) is 5.96. The van der Waals surface area contributed by atoms with Crippen LogP contribution in [-0.2, 0) is 11.2 Å². The van der Waals surface area contributed by atoms with E-state index in [0.29, 0.717) is 6.61 Å². The Bertz CT molecular complexity index is 467. The number of aryl methyl sites for hydroxylation is 1. The standard InChI is InChI=1S/C25H40O/c1-3-5-6-7-8-9-10-11-22-12-16-24(17-13-22)25-18-14-23(15-19-25)21-26-20-4-2/h4,12-13,16-17,23,25H,2-3,5-11,14-15,18-21H2,1H3. The molecule has 1 fully saturated rings. The van der Waals surface area contributed by atoms with Crippen LogP contribution in [0.3, 0.4) is 0 Å². The van der Waals surface area contributed by atoms with E-state index in [1.165, 1.54) is 82.6 Å². The van der Waals surface area contributed by atoms with E-state index in [1.54, 1.807) is 5.56 Å². The lowest BCUT2D eigenvalue weighted by Crippen LogP contribution is -2.18. The topological polar surface area (TPSA) is 9.23 Å². The average molecular weight is 357 g/mol.